The fourth-order valence-electron chi connectivity index (χ4n) is 0.953. The molecule has 0 fully saturated rings. The Morgan fingerprint density at radius 1 is 1.47 bits per heavy atom. The number of H-pyrrole nitrogens is 2. The number of aromatic amines is 2. The van der Waals surface area contributed by atoms with Gasteiger partial charge in [0.05, 0.1) is 11.3 Å². The molecular formula is C6H7B2N5O2. The molecule has 0 saturated heterocycles. The molecule has 0 bridgehead atoms. The van der Waals surface area contributed by atoms with Crippen molar-refractivity contribution < 1.29 is 4.79 Å². The summed E-state index contributed by atoms with van der Waals surface area (Å²) in [6, 6.07) is -0.695. The zero-order valence-electron chi connectivity index (χ0n) is 7.92. The van der Waals surface area contributed by atoms with Crippen molar-refractivity contribution >= 4 is 33.2 Å². The molecule has 0 aliphatic carbocycles. The predicted molar refractivity (Wildman–Crippen MR) is 56.4 cm³/mol. The summed E-state index contributed by atoms with van der Waals surface area (Å²) in [6.45, 7) is 1.52. The molecule has 1 heterocycles. The highest BCUT2D eigenvalue weighted by Crippen LogP contribution is 1.86. The van der Waals surface area contributed by atoms with Crippen LogP contribution in [0.1, 0.15) is 12.5 Å². The van der Waals surface area contributed by atoms with Gasteiger partial charge in [-0.25, -0.2) is 10.2 Å². The van der Waals surface area contributed by atoms with Crippen LogP contribution in [0, 0.1) is 0 Å². The summed E-state index contributed by atoms with van der Waals surface area (Å²) in [5, 5.41) is 10.1. The third-order valence-corrected chi connectivity index (χ3v) is 1.63. The molecule has 9 heteroatoms. The van der Waals surface area contributed by atoms with Crippen molar-refractivity contribution in [3.63, 3.8) is 0 Å². The van der Waals surface area contributed by atoms with Gasteiger partial charge >= 0.3 is 6.03 Å². The summed E-state index contributed by atoms with van der Waals surface area (Å²) in [5.41, 5.74) is 2.24. The molecule has 2 amide bonds. The van der Waals surface area contributed by atoms with Crippen LogP contribution in [-0.4, -0.2) is 37.8 Å². The molecule has 0 saturated carbocycles. The van der Waals surface area contributed by atoms with E-state index in [4.69, 9.17) is 15.8 Å². The van der Waals surface area contributed by atoms with Gasteiger partial charge in [-0.2, -0.15) is 5.10 Å². The number of urea groups is 1. The van der Waals surface area contributed by atoms with Gasteiger partial charge in [-0.3, -0.25) is 9.89 Å². The highest BCUT2D eigenvalue weighted by Gasteiger charge is 2.08. The first kappa shape index (κ1) is 11.2. The first-order valence-corrected chi connectivity index (χ1v) is 3.93. The molecule has 4 N–H and O–H groups in total. The van der Waals surface area contributed by atoms with Crippen LogP contribution in [0.2, 0.25) is 0 Å². The SMILES string of the molecule is [B]NC(=O)N/N=C(\C)c1c([B])[nH][nH]c1=O. The Balaban J connectivity index is 2.89. The first-order valence-electron chi connectivity index (χ1n) is 3.93. The van der Waals surface area contributed by atoms with E-state index in [1.54, 1.807) is 0 Å². The number of hydrogen-bond donors (Lipinski definition) is 4. The van der Waals surface area contributed by atoms with Gasteiger partial charge in [0.15, 0.2) is 0 Å². The average molecular weight is 203 g/mol. The predicted octanol–water partition coefficient (Wildman–Crippen LogP) is -2.40. The standard InChI is InChI=1S/C6H7B2N5O2/c1-2(10-13-6(15)9-8)3-4(7)11-12-5(3)14/h1H3,(H2,9,13,15)(H2,11,12,14)/b10-2+. The van der Waals surface area contributed by atoms with Crippen LogP contribution >= 0.6 is 0 Å². The van der Waals surface area contributed by atoms with Crippen LogP contribution < -0.4 is 21.8 Å². The highest BCUT2D eigenvalue weighted by molar-refractivity contribution is 6.35. The van der Waals surface area contributed by atoms with Gasteiger partial charge < -0.3 is 10.3 Å². The smallest absolute Gasteiger partial charge is 0.322 e. The Bertz CT molecular complexity index is 449. The van der Waals surface area contributed by atoms with Crippen LogP contribution in [0.4, 0.5) is 4.79 Å². The zero-order chi connectivity index (χ0) is 11.4. The molecule has 7 nitrogen and oxygen atoms in total. The van der Waals surface area contributed by atoms with E-state index < -0.39 is 11.6 Å². The maximum absolute atomic E-state index is 11.2. The van der Waals surface area contributed by atoms with Crippen molar-refractivity contribution in [3.8, 4) is 0 Å². The molecule has 15 heavy (non-hydrogen) atoms. The number of amides is 2. The minimum atomic E-state index is -0.695. The summed E-state index contributed by atoms with van der Waals surface area (Å²) in [4.78, 5) is 21.9. The first-order chi connectivity index (χ1) is 7.06. The molecule has 74 valence electrons. The number of carbonyl (C=O) groups is 1. The lowest BCUT2D eigenvalue weighted by Gasteiger charge is -2.00. The molecular weight excluding hydrogens is 196 g/mol. The maximum atomic E-state index is 11.2. The van der Waals surface area contributed by atoms with Gasteiger partial charge in [-0.1, -0.05) is 0 Å². The Labute approximate surface area is 87.5 Å². The normalized spacial score (nSPS) is 11.1. The van der Waals surface area contributed by atoms with Gasteiger partial charge in [-0.05, 0) is 12.5 Å². The third-order valence-electron chi connectivity index (χ3n) is 1.63. The Hall–Kier alpha value is -1.92. The van der Waals surface area contributed by atoms with Gasteiger partial charge in [0.25, 0.3) is 5.56 Å². The largest absolute Gasteiger partial charge is 0.390 e. The van der Waals surface area contributed by atoms with E-state index in [1.165, 1.54) is 6.92 Å². The van der Waals surface area contributed by atoms with Crippen LogP contribution in [0.5, 0.6) is 0 Å². The molecule has 0 aliphatic rings. The van der Waals surface area contributed by atoms with Crippen molar-refractivity contribution in [2.45, 2.75) is 6.92 Å². The fraction of sp³-hybridized carbons (Fsp3) is 0.167. The second-order valence-electron chi connectivity index (χ2n) is 2.65. The van der Waals surface area contributed by atoms with Gasteiger partial charge in [0, 0.05) is 0 Å². The Morgan fingerprint density at radius 2 is 2.13 bits per heavy atom. The highest BCUT2D eigenvalue weighted by atomic mass is 16.2. The molecule has 0 atom stereocenters. The zero-order valence-corrected chi connectivity index (χ0v) is 7.92. The molecule has 0 aliphatic heterocycles. The molecule has 0 unspecified atom stereocenters. The average Bonchev–Trinajstić information content (AvgIpc) is 2.54. The summed E-state index contributed by atoms with van der Waals surface area (Å²) in [7, 11) is 10.3. The monoisotopic (exact) mass is 203 g/mol. The molecule has 1 aromatic heterocycles. The Kier molecular flexibility index (Phi) is 3.37. The van der Waals surface area contributed by atoms with E-state index in [9.17, 15) is 9.59 Å². The van der Waals surface area contributed by atoms with Crippen LogP contribution in [0.25, 0.3) is 0 Å². The van der Waals surface area contributed by atoms with Crippen molar-refractivity contribution in [3.05, 3.63) is 15.9 Å². The number of rotatable bonds is 2. The van der Waals surface area contributed by atoms with Gasteiger partial charge in [0.1, 0.15) is 7.85 Å². The van der Waals surface area contributed by atoms with Gasteiger partial charge in [-0.15, -0.1) is 0 Å². The summed E-state index contributed by atoms with van der Waals surface area (Å²) in [5.74, 6) is 0. The van der Waals surface area contributed by atoms with Crippen molar-refractivity contribution in [1.82, 2.24) is 20.9 Å². The lowest BCUT2D eigenvalue weighted by atomic mass is 9.97. The van der Waals surface area contributed by atoms with E-state index in [0.29, 0.717) is 0 Å². The number of hydrazone groups is 1. The van der Waals surface area contributed by atoms with Crippen molar-refractivity contribution in [2.75, 3.05) is 0 Å². The van der Waals surface area contributed by atoms with E-state index in [0.717, 1.165) is 0 Å². The molecule has 1 rings (SSSR count). The topological polar surface area (TPSA) is 102 Å². The van der Waals surface area contributed by atoms with Crippen LogP contribution in [0.15, 0.2) is 9.90 Å². The van der Waals surface area contributed by atoms with Crippen molar-refractivity contribution in [2.24, 2.45) is 5.10 Å². The fourth-order valence-corrected chi connectivity index (χ4v) is 0.953. The number of nitrogens with one attached hydrogen (secondary N) is 4. The summed E-state index contributed by atoms with van der Waals surface area (Å²) >= 11 is 0. The van der Waals surface area contributed by atoms with Gasteiger partial charge in [0.2, 0.25) is 7.98 Å². The quantitative estimate of drug-likeness (QED) is 0.244. The number of hydrogen-bond acceptors (Lipinski definition) is 3. The van der Waals surface area contributed by atoms with E-state index >= 15 is 0 Å². The second kappa shape index (κ2) is 4.54. The Morgan fingerprint density at radius 3 is 2.60 bits per heavy atom. The lowest BCUT2D eigenvalue weighted by molar-refractivity contribution is 0.246. The molecule has 0 spiro atoms. The third kappa shape index (κ3) is 2.52. The minimum Gasteiger partial charge on any atom is -0.390 e. The minimum absolute atomic E-state index is 0.149. The van der Waals surface area contributed by atoms with Crippen LogP contribution in [0.3, 0.4) is 0 Å². The lowest BCUT2D eigenvalue weighted by Crippen LogP contribution is -2.31. The molecule has 1 aromatic rings. The van der Waals surface area contributed by atoms with Crippen LogP contribution in [-0.2, 0) is 0 Å². The molecule has 4 radical (unpaired) electrons. The second-order valence-corrected chi connectivity index (χ2v) is 2.65. The van der Waals surface area contributed by atoms with Crippen molar-refractivity contribution in [1.29, 1.82) is 0 Å². The number of carbonyl (C=O) groups excluding carboxylic acids is 1. The maximum Gasteiger partial charge on any atom is 0.322 e. The summed E-state index contributed by atoms with van der Waals surface area (Å²) < 4.78 is 0. The number of aromatic nitrogens is 2. The van der Waals surface area contributed by atoms with E-state index in [-0.39, 0.29) is 16.9 Å². The van der Waals surface area contributed by atoms with E-state index in [1.807, 2.05) is 5.23 Å². The van der Waals surface area contributed by atoms with E-state index in [2.05, 4.69) is 20.7 Å². The summed E-state index contributed by atoms with van der Waals surface area (Å²) in [6.07, 6.45) is 0. The molecule has 0 aromatic carbocycles. The number of nitrogens with zero attached hydrogens (tertiary/aromatic N) is 1.